The summed E-state index contributed by atoms with van der Waals surface area (Å²) in [6.07, 6.45) is 0. The molecule has 1 aromatic heterocycles. The fourth-order valence-electron chi connectivity index (χ4n) is 4.04. The van der Waals surface area contributed by atoms with Crippen molar-refractivity contribution in [3.8, 4) is 0 Å². The van der Waals surface area contributed by atoms with Gasteiger partial charge in [-0.1, -0.05) is 53.6 Å². The maximum Gasteiger partial charge on any atom is 0.257 e. The zero-order chi connectivity index (χ0) is 21.3. The molecular formula is C24H27ClN4O. The molecular weight excluding hydrogens is 396 g/mol. The van der Waals surface area contributed by atoms with E-state index >= 15 is 0 Å². The van der Waals surface area contributed by atoms with Gasteiger partial charge in [-0.2, -0.15) is 5.10 Å². The molecule has 1 aliphatic heterocycles. The SMILES string of the molecule is Cc1ccc(Cn2nc(C)c(C(=O)N3CCN(c4ccccc4Cl)CC3)c2C)cc1. The number of piperazine rings is 1. The Morgan fingerprint density at radius 2 is 1.63 bits per heavy atom. The van der Waals surface area contributed by atoms with E-state index in [9.17, 15) is 4.79 Å². The van der Waals surface area contributed by atoms with E-state index in [1.807, 2.05) is 47.7 Å². The molecule has 0 bridgehead atoms. The van der Waals surface area contributed by atoms with Crippen molar-refractivity contribution in [2.75, 3.05) is 31.1 Å². The Hall–Kier alpha value is -2.79. The number of para-hydroxylation sites is 1. The molecule has 0 unspecified atom stereocenters. The maximum atomic E-state index is 13.3. The van der Waals surface area contributed by atoms with Gasteiger partial charge in [0.15, 0.2) is 0 Å². The summed E-state index contributed by atoms with van der Waals surface area (Å²) in [5.41, 5.74) is 5.89. The lowest BCUT2D eigenvalue weighted by Gasteiger charge is -2.36. The second kappa shape index (κ2) is 8.52. The van der Waals surface area contributed by atoms with E-state index in [4.69, 9.17) is 11.6 Å². The van der Waals surface area contributed by atoms with Gasteiger partial charge in [0.1, 0.15) is 0 Å². The number of aromatic nitrogens is 2. The molecule has 1 aliphatic rings. The average molecular weight is 423 g/mol. The van der Waals surface area contributed by atoms with E-state index < -0.39 is 0 Å². The van der Waals surface area contributed by atoms with Gasteiger partial charge in [-0.05, 0) is 38.5 Å². The summed E-state index contributed by atoms with van der Waals surface area (Å²) in [5.74, 6) is 0.0685. The fraction of sp³-hybridized carbons (Fsp3) is 0.333. The second-order valence-electron chi connectivity index (χ2n) is 7.92. The number of hydrogen-bond donors (Lipinski definition) is 0. The monoisotopic (exact) mass is 422 g/mol. The normalized spacial score (nSPS) is 14.3. The maximum absolute atomic E-state index is 13.3. The van der Waals surface area contributed by atoms with Gasteiger partial charge >= 0.3 is 0 Å². The third kappa shape index (κ3) is 4.08. The number of carbonyl (C=O) groups excluding carboxylic acids is 1. The van der Waals surface area contributed by atoms with Crippen LogP contribution in [0.15, 0.2) is 48.5 Å². The number of aryl methyl sites for hydroxylation is 2. The van der Waals surface area contributed by atoms with Crippen LogP contribution in [0.1, 0.15) is 32.9 Å². The molecule has 1 fully saturated rings. The molecule has 3 aromatic rings. The molecule has 6 heteroatoms. The zero-order valence-corrected chi connectivity index (χ0v) is 18.5. The Kier molecular flexibility index (Phi) is 5.82. The molecule has 1 saturated heterocycles. The van der Waals surface area contributed by atoms with E-state index in [2.05, 4.69) is 41.2 Å². The topological polar surface area (TPSA) is 41.4 Å². The summed E-state index contributed by atoms with van der Waals surface area (Å²) in [7, 11) is 0. The van der Waals surface area contributed by atoms with Crippen molar-refractivity contribution in [1.29, 1.82) is 0 Å². The van der Waals surface area contributed by atoms with E-state index in [0.717, 1.165) is 40.8 Å². The van der Waals surface area contributed by atoms with Crippen molar-refractivity contribution in [2.24, 2.45) is 0 Å². The first-order chi connectivity index (χ1) is 14.4. The van der Waals surface area contributed by atoms with Crippen LogP contribution in [-0.4, -0.2) is 46.8 Å². The summed E-state index contributed by atoms with van der Waals surface area (Å²) in [6, 6.07) is 16.3. The molecule has 0 aliphatic carbocycles. The average Bonchev–Trinajstić information content (AvgIpc) is 3.02. The van der Waals surface area contributed by atoms with Gasteiger partial charge in [0.25, 0.3) is 5.91 Å². The minimum absolute atomic E-state index is 0.0685. The second-order valence-corrected chi connectivity index (χ2v) is 8.33. The fourth-order valence-corrected chi connectivity index (χ4v) is 4.30. The summed E-state index contributed by atoms with van der Waals surface area (Å²) < 4.78 is 1.94. The van der Waals surface area contributed by atoms with E-state index in [0.29, 0.717) is 19.6 Å². The van der Waals surface area contributed by atoms with E-state index in [1.165, 1.54) is 11.1 Å². The van der Waals surface area contributed by atoms with Crippen molar-refractivity contribution < 1.29 is 4.79 Å². The van der Waals surface area contributed by atoms with Crippen LogP contribution in [0.5, 0.6) is 0 Å². The molecule has 1 amide bonds. The first kappa shape index (κ1) is 20.5. The first-order valence-corrected chi connectivity index (χ1v) is 10.7. The Labute approximate surface area is 182 Å². The van der Waals surface area contributed by atoms with Gasteiger partial charge in [-0.25, -0.2) is 0 Å². The highest BCUT2D eigenvalue weighted by Crippen LogP contribution is 2.26. The van der Waals surface area contributed by atoms with Crippen molar-refractivity contribution in [3.63, 3.8) is 0 Å². The van der Waals surface area contributed by atoms with Gasteiger partial charge in [-0.15, -0.1) is 0 Å². The summed E-state index contributed by atoms with van der Waals surface area (Å²) >= 11 is 6.34. The minimum Gasteiger partial charge on any atom is -0.367 e. The van der Waals surface area contributed by atoms with Gasteiger partial charge in [0.05, 0.1) is 28.5 Å². The van der Waals surface area contributed by atoms with Crippen LogP contribution >= 0.6 is 11.6 Å². The summed E-state index contributed by atoms with van der Waals surface area (Å²) in [6.45, 7) is 9.54. The van der Waals surface area contributed by atoms with Gasteiger partial charge < -0.3 is 9.80 Å². The van der Waals surface area contributed by atoms with Crippen LogP contribution in [0.25, 0.3) is 0 Å². The number of amides is 1. The zero-order valence-electron chi connectivity index (χ0n) is 17.7. The third-order valence-corrected chi connectivity index (χ3v) is 6.13. The minimum atomic E-state index is 0.0685. The Balaban J connectivity index is 1.47. The van der Waals surface area contributed by atoms with Crippen molar-refractivity contribution in [1.82, 2.24) is 14.7 Å². The molecule has 4 rings (SSSR count). The van der Waals surface area contributed by atoms with Gasteiger partial charge in [0.2, 0.25) is 0 Å². The lowest BCUT2D eigenvalue weighted by atomic mass is 10.1. The molecule has 156 valence electrons. The van der Waals surface area contributed by atoms with Crippen LogP contribution in [-0.2, 0) is 6.54 Å². The largest absolute Gasteiger partial charge is 0.367 e. The quantitative estimate of drug-likeness (QED) is 0.622. The van der Waals surface area contributed by atoms with Crippen molar-refractivity contribution in [3.05, 3.63) is 81.6 Å². The summed E-state index contributed by atoms with van der Waals surface area (Å²) in [5, 5.41) is 5.41. The number of halogens is 1. The Bertz CT molecular complexity index is 1050. The van der Waals surface area contributed by atoms with Crippen molar-refractivity contribution in [2.45, 2.75) is 27.3 Å². The molecule has 2 aromatic carbocycles. The number of rotatable bonds is 4. The first-order valence-electron chi connectivity index (χ1n) is 10.3. The van der Waals surface area contributed by atoms with Crippen LogP contribution in [0.2, 0.25) is 5.02 Å². The van der Waals surface area contributed by atoms with Gasteiger partial charge in [-0.3, -0.25) is 9.48 Å². The molecule has 2 heterocycles. The molecule has 5 nitrogen and oxygen atoms in total. The number of hydrogen-bond acceptors (Lipinski definition) is 3. The number of anilines is 1. The highest BCUT2D eigenvalue weighted by Gasteiger charge is 2.27. The van der Waals surface area contributed by atoms with Crippen LogP contribution < -0.4 is 4.90 Å². The Morgan fingerprint density at radius 3 is 2.30 bits per heavy atom. The number of nitrogens with zero attached hydrogens (tertiary/aromatic N) is 4. The standard InChI is InChI=1S/C24H27ClN4O/c1-17-8-10-20(11-9-17)16-29-19(3)23(18(2)26-29)24(30)28-14-12-27(13-15-28)22-7-5-4-6-21(22)25/h4-11H,12-16H2,1-3H3. The van der Waals surface area contributed by atoms with Crippen LogP contribution in [0, 0.1) is 20.8 Å². The number of carbonyl (C=O) groups is 1. The molecule has 0 N–H and O–H groups in total. The summed E-state index contributed by atoms with van der Waals surface area (Å²) in [4.78, 5) is 17.5. The Morgan fingerprint density at radius 1 is 0.967 bits per heavy atom. The predicted molar refractivity (Wildman–Crippen MR) is 122 cm³/mol. The molecule has 0 saturated carbocycles. The number of benzene rings is 2. The van der Waals surface area contributed by atoms with Gasteiger partial charge in [0, 0.05) is 31.9 Å². The van der Waals surface area contributed by atoms with E-state index in [1.54, 1.807) is 0 Å². The predicted octanol–water partition coefficient (Wildman–Crippen LogP) is 4.47. The van der Waals surface area contributed by atoms with Crippen LogP contribution in [0.4, 0.5) is 5.69 Å². The molecule has 0 spiro atoms. The molecule has 0 radical (unpaired) electrons. The highest BCUT2D eigenvalue weighted by atomic mass is 35.5. The van der Waals surface area contributed by atoms with Crippen LogP contribution in [0.3, 0.4) is 0 Å². The highest BCUT2D eigenvalue weighted by molar-refractivity contribution is 6.33. The lowest BCUT2D eigenvalue weighted by molar-refractivity contribution is 0.0745. The smallest absolute Gasteiger partial charge is 0.257 e. The lowest BCUT2D eigenvalue weighted by Crippen LogP contribution is -2.49. The molecule has 30 heavy (non-hydrogen) atoms. The van der Waals surface area contributed by atoms with Crippen molar-refractivity contribution >= 4 is 23.2 Å². The van der Waals surface area contributed by atoms with E-state index in [-0.39, 0.29) is 5.91 Å². The third-order valence-electron chi connectivity index (χ3n) is 5.81. The molecule has 0 atom stereocenters.